The monoisotopic (exact) mass is 365 g/mol. The minimum Gasteiger partial charge on any atom is -0.348 e. The summed E-state index contributed by atoms with van der Waals surface area (Å²) in [7, 11) is 0. The minimum absolute atomic E-state index is 0.114. The molecule has 5 heteroatoms. The molecule has 2 N–H and O–H groups in total. The van der Waals surface area contributed by atoms with Crippen molar-refractivity contribution in [1.29, 1.82) is 0 Å². The van der Waals surface area contributed by atoms with Crippen LogP contribution in [0.3, 0.4) is 0 Å². The molecule has 1 saturated heterocycles. The van der Waals surface area contributed by atoms with Crippen LogP contribution in [0.4, 0.5) is 5.69 Å². The van der Waals surface area contributed by atoms with E-state index in [9.17, 15) is 9.59 Å². The number of hydrogen-bond acceptors (Lipinski definition) is 3. The molecule has 3 rings (SSSR count). The zero-order valence-electron chi connectivity index (χ0n) is 15.8. The third-order valence-electron chi connectivity index (χ3n) is 4.87. The van der Waals surface area contributed by atoms with Gasteiger partial charge in [0.25, 0.3) is 5.91 Å². The van der Waals surface area contributed by atoms with Gasteiger partial charge in [0.2, 0.25) is 5.91 Å². The van der Waals surface area contributed by atoms with Crippen LogP contribution >= 0.6 is 0 Å². The topological polar surface area (TPSA) is 61.4 Å². The van der Waals surface area contributed by atoms with E-state index in [0.717, 1.165) is 25.2 Å². The van der Waals surface area contributed by atoms with Crippen molar-refractivity contribution in [2.45, 2.75) is 39.3 Å². The Balaban J connectivity index is 1.59. The summed E-state index contributed by atoms with van der Waals surface area (Å²) in [5.41, 5.74) is 3.70. The summed E-state index contributed by atoms with van der Waals surface area (Å²) in [6.07, 6.45) is 3.87. The number of carbonyl (C=O) groups is 2. The van der Waals surface area contributed by atoms with Gasteiger partial charge in [-0.25, -0.2) is 0 Å². The van der Waals surface area contributed by atoms with E-state index >= 15 is 0 Å². The van der Waals surface area contributed by atoms with Gasteiger partial charge in [0.15, 0.2) is 0 Å². The van der Waals surface area contributed by atoms with Crippen molar-refractivity contribution in [3.63, 3.8) is 0 Å². The van der Waals surface area contributed by atoms with Gasteiger partial charge in [-0.15, -0.1) is 0 Å². The fourth-order valence-electron chi connectivity index (χ4n) is 3.43. The van der Waals surface area contributed by atoms with E-state index in [-0.39, 0.29) is 11.8 Å². The Hall–Kier alpha value is -2.66. The van der Waals surface area contributed by atoms with Crippen molar-refractivity contribution in [2.75, 3.05) is 18.4 Å². The first-order chi connectivity index (χ1) is 13.1. The second-order valence-corrected chi connectivity index (χ2v) is 7.05. The standard InChI is InChI=1S/C22H27N3O2/c1-17(26)24-21-11-9-18(10-12-21)22(27)23-15-19-7-3-4-8-20(19)16-25-13-5-2-6-14-25/h3-4,7-12H,2,5-6,13-16H2,1H3,(H,23,27)(H,24,26). The van der Waals surface area contributed by atoms with Gasteiger partial charge >= 0.3 is 0 Å². The zero-order chi connectivity index (χ0) is 19.1. The summed E-state index contributed by atoms with van der Waals surface area (Å²) in [5, 5.41) is 5.71. The van der Waals surface area contributed by atoms with Gasteiger partial charge in [-0.3, -0.25) is 14.5 Å². The molecule has 0 bridgehead atoms. The molecule has 1 heterocycles. The molecule has 0 aromatic heterocycles. The van der Waals surface area contributed by atoms with Crippen LogP contribution in [0.25, 0.3) is 0 Å². The van der Waals surface area contributed by atoms with Crippen molar-refractivity contribution in [2.24, 2.45) is 0 Å². The van der Waals surface area contributed by atoms with Crippen molar-refractivity contribution in [1.82, 2.24) is 10.2 Å². The van der Waals surface area contributed by atoms with E-state index in [1.54, 1.807) is 24.3 Å². The van der Waals surface area contributed by atoms with Crippen LogP contribution in [0.1, 0.15) is 47.7 Å². The molecular weight excluding hydrogens is 338 g/mol. The summed E-state index contributed by atoms with van der Waals surface area (Å²) < 4.78 is 0. The van der Waals surface area contributed by atoms with E-state index in [0.29, 0.717) is 17.8 Å². The molecule has 0 aliphatic carbocycles. The number of anilines is 1. The largest absolute Gasteiger partial charge is 0.348 e. The number of benzene rings is 2. The molecule has 1 aliphatic heterocycles. The first-order valence-corrected chi connectivity index (χ1v) is 9.57. The number of nitrogens with zero attached hydrogens (tertiary/aromatic N) is 1. The van der Waals surface area contributed by atoms with Crippen LogP contribution in [0, 0.1) is 0 Å². The summed E-state index contributed by atoms with van der Waals surface area (Å²) in [6.45, 7) is 5.22. The maximum absolute atomic E-state index is 12.4. The number of hydrogen-bond donors (Lipinski definition) is 2. The van der Waals surface area contributed by atoms with Gasteiger partial charge < -0.3 is 10.6 Å². The molecule has 0 spiro atoms. The molecule has 0 atom stereocenters. The average molecular weight is 365 g/mol. The number of piperidine rings is 1. The third-order valence-corrected chi connectivity index (χ3v) is 4.87. The smallest absolute Gasteiger partial charge is 0.251 e. The average Bonchev–Trinajstić information content (AvgIpc) is 2.68. The van der Waals surface area contributed by atoms with Crippen molar-refractivity contribution in [3.8, 4) is 0 Å². The Morgan fingerprint density at radius 1 is 0.926 bits per heavy atom. The lowest BCUT2D eigenvalue weighted by Gasteiger charge is -2.27. The van der Waals surface area contributed by atoms with Crippen LogP contribution in [0.2, 0.25) is 0 Å². The van der Waals surface area contributed by atoms with E-state index in [2.05, 4.69) is 33.7 Å². The van der Waals surface area contributed by atoms with E-state index in [4.69, 9.17) is 0 Å². The van der Waals surface area contributed by atoms with Gasteiger partial charge in [0.1, 0.15) is 0 Å². The third kappa shape index (κ3) is 5.66. The number of rotatable bonds is 6. The van der Waals surface area contributed by atoms with Crippen LogP contribution in [-0.4, -0.2) is 29.8 Å². The Morgan fingerprint density at radius 3 is 2.26 bits per heavy atom. The Bertz CT molecular complexity index is 780. The van der Waals surface area contributed by atoms with Crippen molar-refractivity contribution < 1.29 is 9.59 Å². The molecule has 1 fully saturated rings. The molecule has 2 aromatic rings. The lowest BCUT2D eigenvalue weighted by molar-refractivity contribution is -0.114. The first-order valence-electron chi connectivity index (χ1n) is 9.57. The zero-order valence-corrected chi connectivity index (χ0v) is 15.8. The predicted octanol–water partition coefficient (Wildman–Crippen LogP) is 3.56. The van der Waals surface area contributed by atoms with Crippen molar-refractivity contribution >= 4 is 17.5 Å². The van der Waals surface area contributed by atoms with Crippen molar-refractivity contribution in [3.05, 3.63) is 65.2 Å². The summed E-state index contributed by atoms with van der Waals surface area (Å²) in [4.78, 5) is 26.0. The molecule has 0 saturated carbocycles. The van der Waals surface area contributed by atoms with E-state index in [1.165, 1.54) is 31.7 Å². The lowest BCUT2D eigenvalue weighted by Crippen LogP contribution is -2.30. The number of likely N-dealkylation sites (tertiary alicyclic amines) is 1. The maximum atomic E-state index is 12.4. The van der Waals surface area contributed by atoms with E-state index in [1.807, 2.05) is 6.07 Å². The number of nitrogens with one attached hydrogen (secondary N) is 2. The van der Waals surface area contributed by atoms with Crippen LogP contribution in [-0.2, 0) is 17.9 Å². The Morgan fingerprint density at radius 2 is 1.59 bits per heavy atom. The lowest BCUT2D eigenvalue weighted by atomic mass is 10.0. The molecule has 27 heavy (non-hydrogen) atoms. The van der Waals surface area contributed by atoms with Gasteiger partial charge in [-0.1, -0.05) is 30.7 Å². The quantitative estimate of drug-likeness (QED) is 0.823. The number of carbonyl (C=O) groups excluding carboxylic acids is 2. The SMILES string of the molecule is CC(=O)Nc1ccc(C(=O)NCc2ccccc2CN2CCCCC2)cc1. The fraction of sp³-hybridized carbons (Fsp3) is 0.364. The molecule has 5 nitrogen and oxygen atoms in total. The van der Waals surface area contributed by atoms with E-state index < -0.39 is 0 Å². The fourth-order valence-corrected chi connectivity index (χ4v) is 3.43. The Kier molecular flexibility index (Phi) is 6.60. The molecular formula is C22H27N3O2. The maximum Gasteiger partial charge on any atom is 0.251 e. The summed E-state index contributed by atoms with van der Waals surface area (Å²) >= 11 is 0. The van der Waals surface area contributed by atoms with Crippen LogP contribution < -0.4 is 10.6 Å². The second kappa shape index (κ2) is 9.33. The van der Waals surface area contributed by atoms with Gasteiger partial charge in [-0.2, -0.15) is 0 Å². The van der Waals surface area contributed by atoms with Gasteiger partial charge in [0.05, 0.1) is 0 Å². The summed E-state index contributed by atoms with van der Waals surface area (Å²) in [5.74, 6) is -0.241. The van der Waals surface area contributed by atoms with Crippen LogP contribution in [0.5, 0.6) is 0 Å². The highest BCUT2D eigenvalue weighted by Crippen LogP contribution is 2.16. The molecule has 2 amide bonds. The highest BCUT2D eigenvalue weighted by Gasteiger charge is 2.13. The summed E-state index contributed by atoms with van der Waals surface area (Å²) in [6, 6.07) is 15.2. The molecule has 0 radical (unpaired) electrons. The first kappa shape index (κ1) is 19.1. The highest BCUT2D eigenvalue weighted by atomic mass is 16.2. The molecule has 1 aliphatic rings. The van der Waals surface area contributed by atoms with Crippen LogP contribution in [0.15, 0.2) is 48.5 Å². The van der Waals surface area contributed by atoms with Gasteiger partial charge in [0, 0.05) is 31.3 Å². The molecule has 142 valence electrons. The number of amides is 2. The minimum atomic E-state index is -0.127. The van der Waals surface area contributed by atoms with Gasteiger partial charge in [-0.05, 0) is 61.3 Å². The predicted molar refractivity (Wildman–Crippen MR) is 107 cm³/mol. The normalized spacial score (nSPS) is 14.6. The second-order valence-electron chi connectivity index (χ2n) is 7.05. The highest BCUT2D eigenvalue weighted by molar-refractivity contribution is 5.95. The molecule has 0 unspecified atom stereocenters. The Labute approximate surface area is 160 Å². The molecule has 2 aromatic carbocycles.